The Morgan fingerprint density at radius 2 is 1.75 bits per heavy atom. The van der Waals surface area contributed by atoms with Gasteiger partial charge in [0, 0.05) is 25.7 Å². The number of benzene rings is 1. The summed E-state index contributed by atoms with van der Waals surface area (Å²) in [5, 5.41) is 7.92. The van der Waals surface area contributed by atoms with Gasteiger partial charge < -0.3 is 5.32 Å². The lowest BCUT2D eigenvalue weighted by Crippen LogP contribution is -2.17. The second-order valence-electron chi connectivity index (χ2n) is 5.78. The van der Waals surface area contributed by atoms with Gasteiger partial charge in [-0.2, -0.15) is 11.3 Å². The Hall–Kier alpha value is -1.16. The maximum atomic E-state index is 3.55. The number of hydrogen-bond acceptors (Lipinski definition) is 3. The standard InChI is InChI=1S/C17H22N2S/c1-19(12-16-8-9-20-13-16)11-15-4-2-14(3-5-15)10-18-17-6-7-17/h2-5,8-9,13,17-18H,6-7,10-12H2,1H3. The highest BCUT2D eigenvalue weighted by Gasteiger charge is 2.19. The number of rotatable bonds is 7. The number of hydrogen-bond donors (Lipinski definition) is 1. The molecule has 20 heavy (non-hydrogen) atoms. The molecule has 1 aliphatic rings. The van der Waals surface area contributed by atoms with Gasteiger partial charge in [0.05, 0.1) is 0 Å². The first-order chi connectivity index (χ1) is 9.79. The summed E-state index contributed by atoms with van der Waals surface area (Å²) in [5.41, 5.74) is 4.18. The molecule has 0 spiro atoms. The van der Waals surface area contributed by atoms with E-state index in [4.69, 9.17) is 0 Å². The van der Waals surface area contributed by atoms with Crippen LogP contribution in [0.3, 0.4) is 0 Å². The molecular formula is C17H22N2S. The normalized spacial score (nSPS) is 14.9. The third-order valence-electron chi connectivity index (χ3n) is 3.68. The highest BCUT2D eigenvalue weighted by atomic mass is 32.1. The molecule has 1 saturated carbocycles. The van der Waals surface area contributed by atoms with Crippen LogP contribution in [0.2, 0.25) is 0 Å². The molecule has 2 nitrogen and oxygen atoms in total. The smallest absolute Gasteiger partial charge is 0.0242 e. The zero-order valence-electron chi connectivity index (χ0n) is 12.0. The number of nitrogens with zero attached hydrogens (tertiary/aromatic N) is 1. The molecule has 1 fully saturated rings. The molecule has 0 aliphatic heterocycles. The summed E-state index contributed by atoms with van der Waals surface area (Å²) in [6, 6.07) is 12.0. The van der Waals surface area contributed by atoms with Gasteiger partial charge in [-0.3, -0.25) is 4.90 Å². The largest absolute Gasteiger partial charge is 0.310 e. The van der Waals surface area contributed by atoms with Crippen molar-refractivity contribution in [3.05, 3.63) is 57.8 Å². The van der Waals surface area contributed by atoms with E-state index in [0.29, 0.717) is 0 Å². The second-order valence-corrected chi connectivity index (χ2v) is 6.56. The Labute approximate surface area is 125 Å². The molecule has 106 valence electrons. The fraction of sp³-hybridized carbons (Fsp3) is 0.412. The van der Waals surface area contributed by atoms with Gasteiger partial charge in [-0.25, -0.2) is 0 Å². The van der Waals surface area contributed by atoms with E-state index < -0.39 is 0 Å². The molecule has 1 heterocycles. The lowest BCUT2D eigenvalue weighted by Gasteiger charge is -2.16. The summed E-state index contributed by atoms with van der Waals surface area (Å²) in [7, 11) is 2.18. The molecule has 2 aromatic rings. The average Bonchev–Trinajstić information content (AvgIpc) is 3.14. The summed E-state index contributed by atoms with van der Waals surface area (Å²) in [5.74, 6) is 0. The highest BCUT2D eigenvalue weighted by molar-refractivity contribution is 7.07. The first-order valence-electron chi connectivity index (χ1n) is 7.30. The van der Waals surface area contributed by atoms with E-state index in [1.165, 1.54) is 29.5 Å². The predicted molar refractivity (Wildman–Crippen MR) is 85.8 cm³/mol. The summed E-state index contributed by atoms with van der Waals surface area (Å²) in [6.45, 7) is 3.04. The van der Waals surface area contributed by atoms with Gasteiger partial charge in [-0.05, 0) is 53.4 Å². The van der Waals surface area contributed by atoms with Crippen molar-refractivity contribution in [1.29, 1.82) is 0 Å². The van der Waals surface area contributed by atoms with E-state index >= 15 is 0 Å². The third-order valence-corrected chi connectivity index (χ3v) is 4.41. The maximum Gasteiger partial charge on any atom is 0.0242 e. The second kappa shape index (κ2) is 6.53. The van der Waals surface area contributed by atoms with E-state index in [1.807, 2.05) is 0 Å². The van der Waals surface area contributed by atoms with E-state index in [1.54, 1.807) is 11.3 Å². The van der Waals surface area contributed by atoms with E-state index in [-0.39, 0.29) is 0 Å². The Morgan fingerprint density at radius 1 is 1.05 bits per heavy atom. The van der Waals surface area contributed by atoms with E-state index in [0.717, 1.165) is 25.7 Å². The molecule has 1 aromatic heterocycles. The third kappa shape index (κ3) is 4.17. The zero-order chi connectivity index (χ0) is 13.8. The van der Waals surface area contributed by atoms with Crippen LogP contribution in [0.5, 0.6) is 0 Å². The molecule has 1 aliphatic carbocycles. The minimum Gasteiger partial charge on any atom is -0.310 e. The topological polar surface area (TPSA) is 15.3 Å². The van der Waals surface area contributed by atoms with Gasteiger partial charge in [-0.1, -0.05) is 24.3 Å². The minimum absolute atomic E-state index is 0.784. The summed E-state index contributed by atoms with van der Waals surface area (Å²) in [4.78, 5) is 2.36. The molecule has 0 amide bonds. The Morgan fingerprint density at radius 3 is 2.40 bits per heavy atom. The van der Waals surface area contributed by atoms with Crippen molar-refractivity contribution in [3.63, 3.8) is 0 Å². The molecule has 1 N–H and O–H groups in total. The van der Waals surface area contributed by atoms with Crippen LogP contribution in [0.1, 0.15) is 29.5 Å². The molecule has 0 atom stereocenters. The maximum absolute atomic E-state index is 3.55. The molecule has 0 unspecified atom stereocenters. The van der Waals surface area contributed by atoms with E-state index in [2.05, 4.69) is 58.4 Å². The van der Waals surface area contributed by atoms with Gasteiger partial charge in [0.15, 0.2) is 0 Å². The molecule has 0 bridgehead atoms. The van der Waals surface area contributed by atoms with Crippen molar-refractivity contribution in [2.24, 2.45) is 0 Å². The lowest BCUT2D eigenvalue weighted by molar-refractivity contribution is 0.319. The van der Waals surface area contributed by atoms with Crippen LogP contribution in [0.25, 0.3) is 0 Å². The first kappa shape index (κ1) is 13.8. The van der Waals surface area contributed by atoms with Crippen LogP contribution in [-0.2, 0) is 19.6 Å². The summed E-state index contributed by atoms with van der Waals surface area (Å²) in [6.07, 6.45) is 2.71. The van der Waals surface area contributed by atoms with Gasteiger partial charge in [0.1, 0.15) is 0 Å². The highest BCUT2D eigenvalue weighted by Crippen LogP contribution is 2.19. The minimum atomic E-state index is 0.784. The van der Waals surface area contributed by atoms with Gasteiger partial charge in [0.2, 0.25) is 0 Å². The Kier molecular flexibility index (Phi) is 4.51. The van der Waals surface area contributed by atoms with Crippen LogP contribution in [-0.4, -0.2) is 18.0 Å². The zero-order valence-corrected chi connectivity index (χ0v) is 12.8. The molecule has 3 rings (SSSR count). The molecule has 0 saturated heterocycles. The predicted octanol–water partition coefficient (Wildman–Crippen LogP) is 3.63. The number of nitrogens with one attached hydrogen (secondary N) is 1. The van der Waals surface area contributed by atoms with Gasteiger partial charge in [-0.15, -0.1) is 0 Å². The fourth-order valence-corrected chi connectivity index (χ4v) is 3.03. The lowest BCUT2D eigenvalue weighted by atomic mass is 10.1. The van der Waals surface area contributed by atoms with E-state index in [9.17, 15) is 0 Å². The van der Waals surface area contributed by atoms with Crippen LogP contribution in [0.4, 0.5) is 0 Å². The van der Waals surface area contributed by atoms with Crippen LogP contribution in [0, 0.1) is 0 Å². The van der Waals surface area contributed by atoms with Gasteiger partial charge in [0.25, 0.3) is 0 Å². The quantitative estimate of drug-likeness (QED) is 0.836. The fourth-order valence-electron chi connectivity index (χ4n) is 2.37. The summed E-state index contributed by atoms with van der Waals surface area (Å²) >= 11 is 1.77. The van der Waals surface area contributed by atoms with Gasteiger partial charge >= 0.3 is 0 Å². The van der Waals surface area contributed by atoms with Crippen molar-refractivity contribution in [2.75, 3.05) is 7.05 Å². The molecule has 3 heteroatoms. The van der Waals surface area contributed by atoms with Crippen molar-refractivity contribution in [3.8, 4) is 0 Å². The van der Waals surface area contributed by atoms with Crippen molar-refractivity contribution >= 4 is 11.3 Å². The SMILES string of the molecule is CN(Cc1ccc(CNC2CC2)cc1)Cc1ccsc1. The van der Waals surface area contributed by atoms with Crippen molar-refractivity contribution in [2.45, 2.75) is 38.5 Å². The molecule has 1 aromatic carbocycles. The number of thiophene rings is 1. The molecular weight excluding hydrogens is 264 g/mol. The van der Waals surface area contributed by atoms with Crippen LogP contribution in [0.15, 0.2) is 41.1 Å². The first-order valence-corrected chi connectivity index (χ1v) is 8.25. The van der Waals surface area contributed by atoms with Crippen LogP contribution < -0.4 is 5.32 Å². The summed E-state index contributed by atoms with van der Waals surface area (Å²) < 4.78 is 0. The monoisotopic (exact) mass is 286 g/mol. The Bertz CT molecular complexity index is 514. The Balaban J connectivity index is 1.48. The van der Waals surface area contributed by atoms with Crippen molar-refractivity contribution in [1.82, 2.24) is 10.2 Å². The van der Waals surface area contributed by atoms with Crippen molar-refractivity contribution < 1.29 is 0 Å². The average molecular weight is 286 g/mol. The van der Waals surface area contributed by atoms with Crippen LogP contribution >= 0.6 is 11.3 Å². The molecule has 0 radical (unpaired) electrons.